The molecule has 0 aromatic carbocycles. The number of hydrogen-bond donors (Lipinski definition) is 3. The monoisotopic (exact) mass is 280 g/mol. The predicted octanol–water partition coefficient (Wildman–Crippen LogP) is -1.36. The minimum Gasteiger partial charge on any atom is -0.394 e. The van der Waals surface area contributed by atoms with Crippen molar-refractivity contribution < 1.29 is 14.6 Å². The van der Waals surface area contributed by atoms with Gasteiger partial charge in [-0.1, -0.05) is 0 Å². The fraction of sp³-hybridized carbons (Fsp3) is 0.545. The standard InChI is InChI=1S/C11H16N6O3/c1-19-8-6(12)5(2-18)20-11(8)17-4-16-7-9(13)14-3-15-10(7)17/h3-6,8,11,18H,2,12H2,1H3,(H2,13,14,15)/t5-,6-,8-,11-/m1/s1. The smallest absolute Gasteiger partial charge is 0.167 e. The van der Waals surface area contributed by atoms with Crippen molar-refractivity contribution in [3.05, 3.63) is 12.7 Å². The van der Waals surface area contributed by atoms with Crippen LogP contribution in [0.25, 0.3) is 11.2 Å². The number of aliphatic hydroxyl groups is 1. The van der Waals surface area contributed by atoms with E-state index in [0.29, 0.717) is 17.0 Å². The summed E-state index contributed by atoms with van der Waals surface area (Å²) in [7, 11) is 1.54. The van der Waals surface area contributed by atoms with E-state index in [-0.39, 0.29) is 6.61 Å². The van der Waals surface area contributed by atoms with Crippen LogP contribution in [0, 0.1) is 0 Å². The molecule has 4 atom stereocenters. The van der Waals surface area contributed by atoms with Crippen molar-refractivity contribution in [1.29, 1.82) is 0 Å². The molecule has 1 saturated heterocycles. The molecule has 9 nitrogen and oxygen atoms in total. The first-order valence-electron chi connectivity index (χ1n) is 6.15. The van der Waals surface area contributed by atoms with E-state index in [1.165, 1.54) is 6.33 Å². The number of nitrogen functional groups attached to an aromatic ring is 1. The fourth-order valence-electron chi connectivity index (χ4n) is 2.47. The zero-order chi connectivity index (χ0) is 14.3. The number of aliphatic hydroxyl groups excluding tert-OH is 1. The summed E-state index contributed by atoms with van der Waals surface area (Å²) in [6, 6.07) is -0.438. The molecule has 3 rings (SSSR count). The largest absolute Gasteiger partial charge is 0.394 e. The lowest BCUT2D eigenvalue weighted by atomic mass is 10.1. The van der Waals surface area contributed by atoms with Crippen LogP contribution in [0.2, 0.25) is 0 Å². The first-order valence-corrected chi connectivity index (χ1v) is 6.15. The van der Waals surface area contributed by atoms with E-state index in [4.69, 9.17) is 20.9 Å². The number of nitrogens with two attached hydrogens (primary N) is 2. The van der Waals surface area contributed by atoms with Crippen molar-refractivity contribution in [2.75, 3.05) is 19.5 Å². The molecule has 1 aliphatic rings. The van der Waals surface area contributed by atoms with Gasteiger partial charge in [0, 0.05) is 7.11 Å². The minimum atomic E-state index is -0.522. The maximum atomic E-state index is 9.29. The van der Waals surface area contributed by atoms with Gasteiger partial charge in [-0.15, -0.1) is 0 Å². The third kappa shape index (κ3) is 1.83. The number of methoxy groups -OCH3 is 1. The lowest BCUT2D eigenvalue weighted by Crippen LogP contribution is -2.42. The van der Waals surface area contributed by atoms with Crippen LogP contribution < -0.4 is 11.5 Å². The second kappa shape index (κ2) is 4.94. The van der Waals surface area contributed by atoms with Gasteiger partial charge in [0.25, 0.3) is 0 Å². The Bertz CT molecular complexity index is 617. The Morgan fingerprint density at radius 2 is 2.25 bits per heavy atom. The zero-order valence-electron chi connectivity index (χ0n) is 10.9. The second-order valence-corrected chi connectivity index (χ2v) is 4.61. The Balaban J connectivity index is 2.04. The first kappa shape index (κ1) is 13.2. The number of rotatable bonds is 3. The van der Waals surface area contributed by atoms with E-state index in [9.17, 15) is 5.11 Å². The van der Waals surface area contributed by atoms with Gasteiger partial charge in [-0.05, 0) is 0 Å². The van der Waals surface area contributed by atoms with Gasteiger partial charge in [-0.3, -0.25) is 4.57 Å². The minimum absolute atomic E-state index is 0.179. The van der Waals surface area contributed by atoms with Crippen molar-refractivity contribution in [3.8, 4) is 0 Å². The molecule has 0 spiro atoms. The van der Waals surface area contributed by atoms with Crippen molar-refractivity contribution in [3.63, 3.8) is 0 Å². The highest BCUT2D eigenvalue weighted by Crippen LogP contribution is 2.32. The highest BCUT2D eigenvalue weighted by Gasteiger charge is 2.44. The molecular formula is C11H16N6O3. The van der Waals surface area contributed by atoms with Crippen LogP contribution in [-0.2, 0) is 9.47 Å². The molecule has 108 valence electrons. The third-order valence-corrected chi connectivity index (χ3v) is 3.52. The normalized spacial score (nSPS) is 30.1. The van der Waals surface area contributed by atoms with Crippen LogP contribution in [-0.4, -0.2) is 56.6 Å². The van der Waals surface area contributed by atoms with Gasteiger partial charge in [0.15, 0.2) is 17.7 Å². The molecule has 3 heterocycles. The van der Waals surface area contributed by atoms with Crippen LogP contribution in [0.1, 0.15) is 6.23 Å². The van der Waals surface area contributed by atoms with Crippen LogP contribution in [0.15, 0.2) is 12.7 Å². The fourth-order valence-corrected chi connectivity index (χ4v) is 2.47. The maximum Gasteiger partial charge on any atom is 0.167 e. The highest BCUT2D eigenvalue weighted by molar-refractivity contribution is 5.81. The average molecular weight is 280 g/mol. The Hall–Kier alpha value is -1.81. The summed E-state index contributed by atoms with van der Waals surface area (Å²) in [6.45, 7) is -0.179. The Labute approximate surface area is 114 Å². The Morgan fingerprint density at radius 1 is 1.45 bits per heavy atom. The number of imidazole rings is 1. The number of hydrogen-bond acceptors (Lipinski definition) is 8. The van der Waals surface area contributed by atoms with Crippen LogP contribution in [0.4, 0.5) is 5.82 Å². The van der Waals surface area contributed by atoms with Gasteiger partial charge in [0.05, 0.1) is 19.0 Å². The van der Waals surface area contributed by atoms with E-state index < -0.39 is 24.5 Å². The summed E-state index contributed by atoms with van der Waals surface area (Å²) in [5.41, 5.74) is 12.8. The Kier molecular flexibility index (Phi) is 3.26. The summed E-state index contributed by atoms with van der Waals surface area (Å²) in [5, 5.41) is 9.29. The summed E-state index contributed by atoms with van der Waals surface area (Å²) in [4.78, 5) is 12.2. The number of aromatic nitrogens is 4. The van der Waals surface area contributed by atoms with Gasteiger partial charge >= 0.3 is 0 Å². The molecule has 0 amide bonds. The molecule has 2 aromatic rings. The van der Waals surface area contributed by atoms with Crippen molar-refractivity contribution in [2.24, 2.45) is 5.73 Å². The number of ether oxygens (including phenoxy) is 2. The molecule has 5 N–H and O–H groups in total. The van der Waals surface area contributed by atoms with E-state index in [2.05, 4.69) is 15.0 Å². The van der Waals surface area contributed by atoms with Crippen molar-refractivity contribution in [1.82, 2.24) is 19.5 Å². The summed E-state index contributed by atoms with van der Waals surface area (Å²) in [5.74, 6) is 0.295. The molecular weight excluding hydrogens is 264 g/mol. The molecule has 0 bridgehead atoms. The SMILES string of the molecule is CO[C@@H]1[C@H](N)[C@@H](CO)O[C@H]1n1cnc2c(N)ncnc21. The molecule has 20 heavy (non-hydrogen) atoms. The number of anilines is 1. The van der Waals surface area contributed by atoms with E-state index in [0.717, 1.165) is 0 Å². The van der Waals surface area contributed by atoms with Gasteiger partial charge < -0.3 is 26.0 Å². The highest BCUT2D eigenvalue weighted by atomic mass is 16.6. The predicted molar refractivity (Wildman–Crippen MR) is 69.5 cm³/mol. The van der Waals surface area contributed by atoms with Gasteiger partial charge in [-0.2, -0.15) is 0 Å². The summed E-state index contributed by atoms with van der Waals surface area (Å²) < 4.78 is 12.8. The maximum absolute atomic E-state index is 9.29. The molecule has 0 aliphatic carbocycles. The van der Waals surface area contributed by atoms with Crippen LogP contribution >= 0.6 is 0 Å². The van der Waals surface area contributed by atoms with Gasteiger partial charge in [0.1, 0.15) is 24.1 Å². The van der Waals surface area contributed by atoms with Gasteiger partial charge in [-0.25, -0.2) is 15.0 Å². The van der Waals surface area contributed by atoms with Crippen LogP contribution in [0.5, 0.6) is 0 Å². The van der Waals surface area contributed by atoms with Crippen molar-refractivity contribution >= 4 is 17.0 Å². The molecule has 0 radical (unpaired) electrons. The average Bonchev–Trinajstić information content (AvgIpc) is 3.00. The summed E-state index contributed by atoms with van der Waals surface area (Å²) >= 11 is 0. The topological polar surface area (TPSA) is 134 Å². The molecule has 1 aliphatic heterocycles. The van der Waals surface area contributed by atoms with E-state index in [1.54, 1.807) is 18.0 Å². The molecule has 2 aromatic heterocycles. The number of fused-ring (bicyclic) bond motifs is 1. The quantitative estimate of drug-likeness (QED) is 0.627. The molecule has 0 saturated carbocycles. The lowest BCUT2D eigenvalue weighted by Gasteiger charge is -2.20. The lowest BCUT2D eigenvalue weighted by molar-refractivity contribution is -0.0583. The Morgan fingerprint density at radius 3 is 2.95 bits per heavy atom. The molecule has 9 heteroatoms. The first-order chi connectivity index (χ1) is 9.67. The second-order valence-electron chi connectivity index (χ2n) is 4.61. The van der Waals surface area contributed by atoms with E-state index >= 15 is 0 Å². The van der Waals surface area contributed by atoms with E-state index in [1.807, 2.05) is 0 Å². The zero-order valence-corrected chi connectivity index (χ0v) is 10.9. The number of nitrogens with zero attached hydrogens (tertiary/aromatic N) is 4. The summed E-state index contributed by atoms with van der Waals surface area (Å²) in [6.07, 6.45) is 1.48. The van der Waals surface area contributed by atoms with Crippen LogP contribution in [0.3, 0.4) is 0 Å². The third-order valence-electron chi connectivity index (χ3n) is 3.52. The molecule has 0 unspecified atom stereocenters. The molecule has 1 fully saturated rings. The van der Waals surface area contributed by atoms with Crippen molar-refractivity contribution in [2.45, 2.75) is 24.5 Å². The van der Waals surface area contributed by atoms with Gasteiger partial charge in [0.2, 0.25) is 0 Å².